The van der Waals surface area contributed by atoms with E-state index >= 15 is 0 Å². The van der Waals surface area contributed by atoms with Crippen molar-refractivity contribution in [3.05, 3.63) is 35.4 Å². The fraction of sp³-hybridized carbons (Fsp3) is 0.579. The molecule has 1 saturated heterocycles. The van der Waals surface area contributed by atoms with Gasteiger partial charge < -0.3 is 21.1 Å². The monoisotopic (exact) mass is 347 g/mol. The third kappa shape index (κ3) is 6.14. The third-order valence-corrected chi connectivity index (χ3v) is 4.58. The number of ether oxygens (including phenoxy) is 1. The summed E-state index contributed by atoms with van der Waals surface area (Å²) in [6, 6.07) is 6.78. The van der Waals surface area contributed by atoms with Gasteiger partial charge in [0.15, 0.2) is 0 Å². The Morgan fingerprint density at radius 3 is 2.52 bits per heavy atom. The predicted octanol–water partition coefficient (Wildman–Crippen LogP) is 1.59. The number of rotatable bonds is 8. The molecule has 2 rings (SSSR count). The standard InChI is InChI=1S/C19H29N3O3/c1-2-3-10-21-18(23)16-6-4-14(5-7-16)13-22-19(24)17(20)15-8-11-25-12-9-15/h4-7,15,17H,2-3,8-13,20H2,1H3,(H,21,23)(H,22,24). The van der Waals surface area contributed by atoms with Crippen LogP contribution in [-0.2, 0) is 16.1 Å². The molecule has 1 aromatic rings. The number of amides is 2. The molecule has 1 aromatic carbocycles. The molecule has 1 fully saturated rings. The van der Waals surface area contributed by atoms with Gasteiger partial charge in [-0.05, 0) is 42.9 Å². The van der Waals surface area contributed by atoms with Crippen LogP contribution >= 0.6 is 0 Å². The highest BCUT2D eigenvalue weighted by Gasteiger charge is 2.26. The van der Waals surface area contributed by atoms with Crippen LogP contribution in [0.2, 0.25) is 0 Å². The van der Waals surface area contributed by atoms with E-state index in [0.717, 1.165) is 31.2 Å². The van der Waals surface area contributed by atoms with Crippen molar-refractivity contribution in [3.63, 3.8) is 0 Å². The van der Waals surface area contributed by atoms with Crippen LogP contribution in [0.1, 0.15) is 48.5 Å². The smallest absolute Gasteiger partial charge is 0.251 e. The van der Waals surface area contributed by atoms with E-state index in [1.165, 1.54) is 0 Å². The van der Waals surface area contributed by atoms with Gasteiger partial charge in [-0.3, -0.25) is 9.59 Å². The van der Waals surface area contributed by atoms with Crippen molar-refractivity contribution in [2.24, 2.45) is 11.7 Å². The van der Waals surface area contributed by atoms with Gasteiger partial charge in [0.2, 0.25) is 5.91 Å². The first-order valence-electron chi connectivity index (χ1n) is 9.10. The number of nitrogens with two attached hydrogens (primary N) is 1. The Kier molecular flexibility index (Phi) is 7.88. The molecule has 1 unspecified atom stereocenters. The Balaban J connectivity index is 1.78. The van der Waals surface area contributed by atoms with Gasteiger partial charge in [0.05, 0.1) is 6.04 Å². The van der Waals surface area contributed by atoms with Gasteiger partial charge in [0.1, 0.15) is 0 Å². The average Bonchev–Trinajstić information content (AvgIpc) is 2.66. The summed E-state index contributed by atoms with van der Waals surface area (Å²) in [6.07, 6.45) is 3.69. The fourth-order valence-corrected chi connectivity index (χ4v) is 2.85. The van der Waals surface area contributed by atoms with Gasteiger partial charge in [0.25, 0.3) is 5.91 Å². The van der Waals surface area contributed by atoms with Crippen molar-refractivity contribution >= 4 is 11.8 Å². The Hall–Kier alpha value is -1.92. The Morgan fingerprint density at radius 1 is 1.20 bits per heavy atom. The summed E-state index contributed by atoms with van der Waals surface area (Å²) in [7, 11) is 0. The number of carbonyl (C=O) groups is 2. The van der Waals surface area contributed by atoms with Crippen LogP contribution in [0.5, 0.6) is 0 Å². The molecule has 1 aliphatic rings. The van der Waals surface area contributed by atoms with Crippen LogP contribution in [-0.4, -0.2) is 37.6 Å². The zero-order valence-corrected chi connectivity index (χ0v) is 14.9. The van der Waals surface area contributed by atoms with Crippen molar-refractivity contribution in [1.29, 1.82) is 0 Å². The Morgan fingerprint density at radius 2 is 1.88 bits per heavy atom. The molecule has 6 nitrogen and oxygen atoms in total. The second kappa shape index (κ2) is 10.2. The number of carbonyl (C=O) groups excluding carboxylic acids is 2. The molecule has 0 radical (unpaired) electrons. The minimum absolute atomic E-state index is 0.0643. The Labute approximate surface area is 149 Å². The lowest BCUT2D eigenvalue weighted by Crippen LogP contribution is -2.46. The summed E-state index contributed by atoms with van der Waals surface area (Å²) >= 11 is 0. The van der Waals surface area contributed by atoms with Gasteiger partial charge in [-0.15, -0.1) is 0 Å². The van der Waals surface area contributed by atoms with Crippen molar-refractivity contribution in [1.82, 2.24) is 10.6 Å². The van der Waals surface area contributed by atoms with Crippen LogP contribution in [0.3, 0.4) is 0 Å². The van der Waals surface area contributed by atoms with E-state index in [1.807, 2.05) is 12.1 Å². The number of hydrogen-bond donors (Lipinski definition) is 3. The highest BCUT2D eigenvalue weighted by atomic mass is 16.5. The van der Waals surface area contributed by atoms with Crippen LogP contribution < -0.4 is 16.4 Å². The molecule has 138 valence electrons. The maximum atomic E-state index is 12.2. The summed E-state index contributed by atoms with van der Waals surface area (Å²) in [6.45, 7) is 4.54. The topological polar surface area (TPSA) is 93.5 Å². The second-order valence-corrected chi connectivity index (χ2v) is 6.50. The number of hydrogen-bond acceptors (Lipinski definition) is 4. The molecule has 0 spiro atoms. The highest BCUT2D eigenvalue weighted by Crippen LogP contribution is 2.17. The second-order valence-electron chi connectivity index (χ2n) is 6.50. The largest absolute Gasteiger partial charge is 0.381 e. The summed E-state index contributed by atoms with van der Waals surface area (Å²) in [5.41, 5.74) is 7.63. The molecule has 0 saturated carbocycles. The highest BCUT2D eigenvalue weighted by molar-refractivity contribution is 5.94. The summed E-state index contributed by atoms with van der Waals surface area (Å²) in [5, 5.41) is 5.77. The maximum absolute atomic E-state index is 12.2. The van der Waals surface area contributed by atoms with Gasteiger partial charge in [-0.2, -0.15) is 0 Å². The quantitative estimate of drug-likeness (QED) is 0.623. The van der Waals surface area contributed by atoms with Crippen LogP contribution in [0.25, 0.3) is 0 Å². The van der Waals surface area contributed by atoms with E-state index in [0.29, 0.717) is 31.9 Å². The van der Waals surface area contributed by atoms with Crippen LogP contribution in [0.4, 0.5) is 0 Å². The van der Waals surface area contributed by atoms with E-state index in [-0.39, 0.29) is 17.7 Å². The molecule has 2 amide bonds. The summed E-state index contributed by atoms with van der Waals surface area (Å²) in [5.74, 6) is -0.0122. The molecule has 4 N–H and O–H groups in total. The zero-order chi connectivity index (χ0) is 18.1. The summed E-state index contributed by atoms with van der Waals surface area (Å²) < 4.78 is 5.30. The van der Waals surface area contributed by atoms with Gasteiger partial charge in [0, 0.05) is 31.9 Å². The van der Waals surface area contributed by atoms with Gasteiger partial charge in [-0.1, -0.05) is 25.5 Å². The maximum Gasteiger partial charge on any atom is 0.251 e. The molecule has 1 atom stereocenters. The lowest BCUT2D eigenvalue weighted by atomic mass is 9.92. The van der Waals surface area contributed by atoms with Crippen molar-refractivity contribution < 1.29 is 14.3 Å². The van der Waals surface area contributed by atoms with Gasteiger partial charge in [-0.25, -0.2) is 0 Å². The molecule has 0 bridgehead atoms. The third-order valence-electron chi connectivity index (χ3n) is 4.58. The molecule has 6 heteroatoms. The molecule has 0 aromatic heterocycles. The first-order chi connectivity index (χ1) is 12.1. The SMILES string of the molecule is CCCCNC(=O)c1ccc(CNC(=O)C(N)C2CCOCC2)cc1. The molecular weight excluding hydrogens is 318 g/mol. The van der Waals surface area contributed by atoms with E-state index in [9.17, 15) is 9.59 Å². The minimum atomic E-state index is -0.493. The lowest BCUT2D eigenvalue weighted by Gasteiger charge is -2.26. The molecule has 25 heavy (non-hydrogen) atoms. The molecule has 1 heterocycles. The van der Waals surface area contributed by atoms with Crippen molar-refractivity contribution in [2.75, 3.05) is 19.8 Å². The van der Waals surface area contributed by atoms with E-state index in [1.54, 1.807) is 12.1 Å². The Bertz CT molecular complexity index is 554. The number of unbranched alkanes of at least 4 members (excludes halogenated alkanes) is 1. The van der Waals surface area contributed by atoms with E-state index in [2.05, 4.69) is 17.6 Å². The zero-order valence-electron chi connectivity index (χ0n) is 14.9. The first-order valence-corrected chi connectivity index (χ1v) is 9.10. The van der Waals surface area contributed by atoms with Crippen molar-refractivity contribution in [2.45, 2.75) is 45.2 Å². The first kappa shape index (κ1) is 19.4. The normalized spacial score (nSPS) is 16.2. The van der Waals surface area contributed by atoms with Crippen molar-refractivity contribution in [3.8, 4) is 0 Å². The average molecular weight is 347 g/mol. The van der Waals surface area contributed by atoms with Crippen LogP contribution in [0.15, 0.2) is 24.3 Å². The predicted molar refractivity (Wildman–Crippen MR) is 97.0 cm³/mol. The number of nitrogens with one attached hydrogen (secondary N) is 2. The van der Waals surface area contributed by atoms with E-state index in [4.69, 9.17) is 10.5 Å². The lowest BCUT2D eigenvalue weighted by molar-refractivity contribution is -0.124. The molecular formula is C19H29N3O3. The fourth-order valence-electron chi connectivity index (χ4n) is 2.85. The number of benzene rings is 1. The van der Waals surface area contributed by atoms with E-state index < -0.39 is 6.04 Å². The molecule has 1 aliphatic heterocycles. The molecule has 0 aliphatic carbocycles. The minimum Gasteiger partial charge on any atom is -0.381 e. The van der Waals surface area contributed by atoms with Crippen LogP contribution in [0, 0.1) is 5.92 Å². The van der Waals surface area contributed by atoms with Gasteiger partial charge >= 0.3 is 0 Å². The summed E-state index contributed by atoms with van der Waals surface area (Å²) in [4.78, 5) is 24.2.